The zero-order valence-electron chi connectivity index (χ0n) is 12.3. The van der Waals surface area contributed by atoms with Gasteiger partial charge in [-0.1, -0.05) is 24.6 Å². The van der Waals surface area contributed by atoms with E-state index in [1.54, 1.807) is 0 Å². The molecule has 0 saturated carbocycles. The molecule has 1 aliphatic rings. The zero-order chi connectivity index (χ0) is 14.0. The maximum atomic E-state index is 5.29. The second kappa shape index (κ2) is 5.70. The summed E-state index contributed by atoms with van der Waals surface area (Å²) in [6.07, 6.45) is 0. The third-order valence-electron chi connectivity index (χ3n) is 4.02. The minimum absolute atomic E-state index is 0.0586. The van der Waals surface area contributed by atoms with Crippen LogP contribution in [0.2, 0.25) is 0 Å². The Labute approximate surface area is 117 Å². The first-order valence-corrected chi connectivity index (χ1v) is 7.69. The van der Waals surface area contributed by atoms with Gasteiger partial charge in [0.25, 0.3) is 0 Å². The van der Waals surface area contributed by atoms with Crippen molar-refractivity contribution in [2.75, 3.05) is 6.61 Å². The highest BCUT2D eigenvalue weighted by atomic mass is 31.1. The normalized spacial score (nSPS) is 23.7. The number of hydrogen-bond donors (Lipinski definition) is 0. The highest BCUT2D eigenvalue weighted by Crippen LogP contribution is 2.48. The predicted octanol–water partition coefficient (Wildman–Crippen LogP) is 4.31. The Morgan fingerprint density at radius 3 is 2.79 bits per heavy atom. The molecule has 3 atom stereocenters. The van der Waals surface area contributed by atoms with E-state index < -0.39 is 0 Å². The fourth-order valence-electron chi connectivity index (χ4n) is 2.48. The van der Waals surface area contributed by atoms with E-state index in [1.165, 1.54) is 11.1 Å². The monoisotopic (exact) mass is 279 g/mol. The molecule has 19 heavy (non-hydrogen) atoms. The van der Waals surface area contributed by atoms with Crippen molar-refractivity contribution in [3.05, 3.63) is 29.3 Å². The molecule has 0 N–H and O–H groups in total. The topological polar surface area (TPSA) is 30.8 Å². The molecule has 1 aromatic rings. The quantitative estimate of drug-likeness (QED) is 0.348. The molecule has 3 unspecified atom stereocenters. The van der Waals surface area contributed by atoms with Gasteiger partial charge in [0.2, 0.25) is 0 Å². The minimum Gasteiger partial charge on any atom is -0.257 e. The van der Waals surface area contributed by atoms with E-state index >= 15 is 0 Å². The lowest BCUT2D eigenvalue weighted by molar-refractivity contribution is -0.191. The van der Waals surface area contributed by atoms with Crippen molar-refractivity contribution in [1.82, 2.24) is 0 Å². The van der Waals surface area contributed by atoms with Gasteiger partial charge in [0.05, 0.1) is 21.1 Å². The molecule has 0 spiro atoms. The summed E-state index contributed by atoms with van der Waals surface area (Å²) in [5.74, 6) is 0. The van der Waals surface area contributed by atoms with E-state index in [1.807, 2.05) is 6.92 Å². The van der Waals surface area contributed by atoms with Crippen LogP contribution in [0.3, 0.4) is 0 Å². The fourth-order valence-corrected chi connectivity index (χ4v) is 3.41. The lowest BCUT2D eigenvalue weighted by Crippen LogP contribution is -2.36. The molecule has 3 nitrogen and oxygen atoms in total. The van der Waals surface area contributed by atoms with Crippen LogP contribution in [0.5, 0.6) is 0 Å². The third kappa shape index (κ3) is 2.60. The van der Waals surface area contributed by atoms with Crippen molar-refractivity contribution < 1.29 is 9.56 Å². The molecule has 0 aromatic heterocycles. The summed E-state index contributed by atoms with van der Waals surface area (Å²) >= 11 is 0. The Hall–Kier alpha value is -0.760. The maximum absolute atomic E-state index is 5.29. The minimum atomic E-state index is -0.0586. The highest BCUT2D eigenvalue weighted by molar-refractivity contribution is 7.33. The molecule has 4 heteroatoms. The molecule has 1 aromatic carbocycles. The van der Waals surface area contributed by atoms with E-state index in [-0.39, 0.29) is 5.41 Å². The Morgan fingerprint density at radius 2 is 2.11 bits per heavy atom. The van der Waals surface area contributed by atoms with E-state index in [2.05, 4.69) is 45.9 Å². The van der Waals surface area contributed by atoms with Crippen LogP contribution in [0, 0.1) is 6.92 Å². The number of fused-ring (bicyclic) bond motifs is 1. The van der Waals surface area contributed by atoms with Gasteiger partial charge in [0.1, 0.15) is 0 Å². The van der Waals surface area contributed by atoms with Gasteiger partial charge in [-0.2, -0.15) is 0 Å². The number of aryl methyl sites for hydroxylation is 1. The van der Waals surface area contributed by atoms with Crippen LogP contribution in [0.1, 0.15) is 38.8 Å². The van der Waals surface area contributed by atoms with Crippen LogP contribution in [0.15, 0.2) is 23.2 Å². The molecule has 0 bridgehead atoms. The van der Waals surface area contributed by atoms with E-state index in [9.17, 15) is 0 Å². The molecule has 1 aliphatic heterocycles. The summed E-state index contributed by atoms with van der Waals surface area (Å²) in [5, 5.41) is 0. The highest BCUT2D eigenvalue weighted by Gasteiger charge is 2.42. The number of hydrogen-bond acceptors (Lipinski definition) is 3. The van der Waals surface area contributed by atoms with Gasteiger partial charge < -0.3 is 0 Å². The molecule has 0 fully saturated rings. The van der Waals surface area contributed by atoms with Crippen LogP contribution in [0.4, 0.5) is 5.69 Å². The average molecular weight is 279 g/mol. The summed E-state index contributed by atoms with van der Waals surface area (Å²) in [5.41, 5.74) is 5.12. The van der Waals surface area contributed by atoms with Gasteiger partial charge in [0.15, 0.2) is 0 Å². The standard InChI is InChI=1S/C15H22NO2P/c1-6-17-18-19-12(4)15(5)11(3)16-14-8-7-10(2)9-13(14)15/h7-9,12,19H,6H2,1-5H3. The number of nitrogens with zero attached hydrogens (tertiary/aromatic N) is 1. The van der Waals surface area contributed by atoms with Crippen molar-refractivity contribution in [2.45, 2.75) is 45.7 Å². The van der Waals surface area contributed by atoms with Crippen molar-refractivity contribution in [3.63, 3.8) is 0 Å². The molecule has 0 radical (unpaired) electrons. The lowest BCUT2D eigenvalue weighted by Gasteiger charge is -2.32. The molecule has 1 heterocycles. The van der Waals surface area contributed by atoms with Crippen molar-refractivity contribution in [2.24, 2.45) is 4.99 Å². The average Bonchev–Trinajstić information content (AvgIpc) is 2.63. The van der Waals surface area contributed by atoms with Crippen LogP contribution < -0.4 is 0 Å². The van der Waals surface area contributed by atoms with Crippen molar-refractivity contribution in [3.8, 4) is 0 Å². The van der Waals surface area contributed by atoms with Gasteiger partial charge in [-0.25, -0.2) is 9.56 Å². The first kappa shape index (κ1) is 14.6. The largest absolute Gasteiger partial charge is 0.257 e. The number of rotatable bonds is 5. The molecular weight excluding hydrogens is 257 g/mol. The molecule has 2 rings (SSSR count). The predicted molar refractivity (Wildman–Crippen MR) is 81.8 cm³/mol. The fraction of sp³-hybridized carbons (Fsp3) is 0.533. The van der Waals surface area contributed by atoms with E-state index in [0.717, 1.165) is 11.4 Å². The number of aliphatic imine (C=N–C) groups is 1. The zero-order valence-corrected chi connectivity index (χ0v) is 13.3. The third-order valence-corrected chi connectivity index (χ3v) is 5.16. The Bertz CT molecular complexity index is 501. The summed E-state index contributed by atoms with van der Waals surface area (Å²) in [7, 11) is 0.310. The summed E-state index contributed by atoms with van der Waals surface area (Å²) in [4.78, 5) is 9.75. The second-order valence-corrected chi connectivity index (χ2v) is 6.52. The van der Waals surface area contributed by atoms with Crippen molar-refractivity contribution >= 4 is 20.2 Å². The first-order valence-electron chi connectivity index (χ1n) is 6.71. The van der Waals surface area contributed by atoms with Gasteiger partial charge in [-0.05, 0) is 39.3 Å². The van der Waals surface area contributed by atoms with Crippen LogP contribution >= 0.6 is 8.81 Å². The molecular formula is C15H22NO2P. The molecule has 104 valence electrons. The summed E-state index contributed by atoms with van der Waals surface area (Å²) in [6.45, 7) is 11.2. The smallest absolute Gasteiger partial charge is 0.0797 e. The summed E-state index contributed by atoms with van der Waals surface area (Å²) in [6, 6.07) is 6.47. The van der Waals surface area contributed by atoms with Crippen LogP contribution in [-0.4, -0.2) is 18.0 Å². The van der Waals surface area contributed by atoms with Gasteiger partial charge >= 0.3 is 0 Å². The Morgan fingerprint density at radius 1 is 1.37 bits per heavy atom. The van der Waals surface area contributed by atoms with Gasteiger partial charge in [0, 0.05) is 16.8 Å². The lowest BCUT2D eigenvalue weighted by atomic mass is 9.77. The SMILES string of the molecule is CCOOPC(C)C1(C)C(C)=Nc2ccc(C)cc21. The number of benzene rings is 1. The van der Waals surface area contributed by atoms with Gasteiger partial charge in [-0.15, -0.1) is 0 Å². The summed E-state index contributed by atoms with van der Waals surface area (Å²) < 4.78 is 5.29. The Kier molecular flexibility index (Phi) is 4.39. The Balaban J connectivity index is 2.28. The molecule has 0 saturated heterocycles. The molecule has 0 aliphatic carbocycles. The molecule has 0 amide bonds. The van der Waals surface area contributed by atoms with Crippen LogP contribution in [-0.2, 0) is 15.0 Å². The van der Waals surface area contributed by atoms with E-state index in [4.69, 9.17) is 14.6 Å². The van der Waals surface area contributed by atoms with E-state index in [0.29, 0.717) is 21.1 Å². The first-order chi connectivity index (χ1) is 9.00. The van der Waals surface area contributed by atoms with Crippen molar-refractivity contribution in [1.29, 1.82) is 0 Å². The van der Waals surface area contributed by atoms with Crippen LogP contribution in [0.25, 0.3) is 0 Å². The second-order valence-electron chi connectivity index (χ2n) is 5.25. The maximum Gasteiger partial charge on any atom is 0.0797 e. The van der Waals surface area contributed by atoms with Gasteiger partial charge in [-0.3, -0.25) is 4.99 Å².